The summed E-state index contributed by atoms with van der Waals surface area (Å²) in [4.78, 5) is 22.4. The van der Waals surface area contributed by atoms with Gasteiger partial charge in [-0.3, -0.25) is 14.9 Å². The SMILES string of the molecule is C[C@@H](Nc1cccc([N+](=O)[O-])c1)C(=O)Nc1cc(C(F)(F)F)ccc1Cl. The van der Waals surface area contributed by atoms with Gasteiger partial charge in [0.15, 0.2) is 0 Å². The predicted octanol–water partition coefficient (Wildman–Crippen LogP) is 4.71. The van der Waals surface area contributed by atoms with Gasteiger partial charge >= 0.3 is 6.18 Å². The third-order valence-electron chi connectivity index (χ3n) is 3.38. The van der Waals surface area contributed by atoms with Crippen LogP contribution in [0.15, 0.2) is 42.5 Å². The molecule has 26 heavy (non-hydrogen) atoms. The van der Waals surface area contributed by atoms with Crippen LogP contribution >= 0.6 is 11.6 Å². The molecule has 6 nitrogen and oxygen atoms in total. The number of halogens is 4. The second-order valence-corrected chi connectivity index (χ2v) is 5.76. The summed E-state index contributed by atoms with van der Waals surface area (Å²) in [5.74, 6) is -0.655. The lowest BCUT2D eigenvalue weighted by Gasteiger charge is -2.17. The number of benzene rings is 2. The lowest BCUT2D eigenvalue weighted by Crippen LogP contribution is -2.32. The summed E-state index contributed by atoms with van der Waals surface area (Å²) in [6.07, 6.45) is -4.57. The molecule has 0 aliphatic rings. The summed E-state index contributed by atoms with van der Waals surface area (Å²) < 4.78 is 38.3. The van der Waals surface area contributed by atoms with Crippen molar-refractivity contribution < 1.29 is 22.9 Å². The molecule has 2 aromatic carbocycles. The summed E-state index contributed by atoms with van der Waals surface area (Å²) in [5, 5.41) is 15.8. The predicted molar refractivity (Wildman–Crippen MR) is 91.3 cm³/mol. The van der Waals surface area contributed by atoms with E-state index in [1.54, 1.807) is 0 Å². The first-order valence-corrected chi connectivity index (χ1v) is 7.64. The Kier molecular flexibility index (Phi) is 5.71. The topological polar surface area (TPSA) is 84.3 Å². The fourth-order valence-electron chi connectivity index (χ4n) is 2.06. The highest BCUT2D eigenvalue weighted by Crippen LogP contribution is 2.33. The number of non-ortho nitro benzene ring substituents is 1. The second kappa shape index (κ2) is 7.61. The van der Waals surface area contributed by atoms with Gasteiger partial charge in [-0.1, -0.05) is 17.7 Å². The van der Waals surface area contributed by atoms with Crippen LogP contribution < -0.4 is 10.6 Å². The van der Waals surface area contributed by atoms with E-state index in [0.29, 0.717) is 5.69 Å². The average molecular weight is 388 g/mol. The van der Waals surface area contributed by atoms with Gasteiger partial charge in [0.1, 0.15) is 6.04 Å². The summed E-state index contributed by atoms with van der Waals surface area (Å²) in [5.41, 5.74) is -0.976. The molecule has 0 aliphatic heterocycles. The van der Waals surface area contributed by atoms with Crippen LogP contribution in [0, 0.1) is 10.1 Å². The summed E-state index contributed by atoms with van der Waals surface area (Å²) >= 11 is 5.83. The second-order valence-electron chi connectivity index (χ2n) is 5.36. The highest BCUT2D eigenvalue weighted by Gasteiger charge is 2.31. The molecule has 0 aromatic heterocycles. The van der Waals surface area contributed by atoms with Crippen molar-refractivity contribution in [2.45, 2.75) is 19.1 Å². The van der Waals surface area contributed by atoms with E-state index < -0.39 is 28.6 Å². The van der Waals surface area contributed by atoms with Crippen LogP contribution in [0.5, 0.6) is 0 Å². The van der Waals surface area contributed by atoms with Crippen LogP contribution in [0.4, 0.5) is 30.2 Å². The summed E-state index contributed by atoms with van der Waals surface area (Å²) in [7, 11) is 0. The number of nitro groups is 1. The first-order valence-electron chi connectivity index (χ1n) is 7.26. The maximum absolute atomic E-state index is 12.8. The van der Waals surface area contributed by atoms with Crippen LogP contribution in [0.25, 0.3) is 0 Å². The molecule has 138 valence electrons. The number of anilines is 2. The summed E-state index contributed by atoms with van der Waals surface area (Å²) in [6.45, 7) is 1.45. The van der Waals surface area contributed by atoms with Gasteiger partial charge in [-0.25, -0.2) is 0 Å². The number of rotatable bonds is 5. The van der Waals surface area contributed by atoms with Gasteiger partial charge in [0.05, 0.1) is 21.2 Å². The van der Waals surface area contributed by atoms with Gasteiger partial charge < -0.3 is 10.6 Å². The molecule has 10 heteroatoms. The van der Waals surface area contributed by atoms with E-state index in [2.05, 4.69) is 10.6 Å². The van der Waals surface area contributed by atoms with Gasteiger partial charge in [0.25, 0.3) is 5.69 Å². The Labute approximate surface area is 151 Å². The van der Waals surface area contributed by atoms with Crippen LogP contribution in [0.1, 0.15) is 12.5 Å². The molecule has 2 aromatic rings. The van der Waals surface area contributed by atoms with Crippen LogP contribution in [0.2, 0.25) is 5.02 Å². The molecule has 0 radical (unpaired) electrons. The Morgan fingerprint density at radius 3 is 2.54 bits per heavy atom. The molecule has 1 amide bonds. The molecule has 0 aliphatic carbocycles. The zero-order chi connectivity index (χ0) is 19.5. The number of nitrogens with one attached hydrogen (secondary N) is 2. The Balaban J connectivity index is 2.12. The highest BCUT2D eigenvalue weighted by molar-refractivity contribution is 6.33. The normalized spacial score (nSPS) is 12.3. The molecular weight excluding hydrogens is 375 g/mol. The fourth-order valence-corrected chi connectivity index (χ4v) is 2.23. The number of alkyl halides is 3. The van der Waals surface area contributed by atoms with Gasteiger partial charge in [-0.2, -0.15) is 13.2 Å². The number of carbonyl (C=O) groups excluding carboxylic acids is 1. The first-order chi connectivity index (χ1) is 12.1. The monoisotopic (exact) mass is 387 g/mol. The smallest absolute Gasteiger partial charge is 0.374 e. The molecule has 0 saturated heterocycles. The van der Waals surface area contributed by atoms with E-state index in [0.717, 1.165) is 18.2 Å². The Morgan fingerprint density at radius 2 is 1.92 bits per heavy atom. The molecular formula is C16H13ClF3N3O3. The third kappa shape index (κ3) is 4.85. The maximum atomic E-state index is 12.8. The van der Waals surface area contributed by atoms with E-state index in [-0.39, 0.29) is 16.4 Å². The minimum atomic E-state index is -4.57. The van der Waals surface area contributed by atoms with Gasteiger partial charge in [-0.05, 0) is 31.2 Å². The lowest BCUT2D eigenvalue weighted by molar-refractivity contribution is -0.384. The Bertz CT molecular complexity index is 843. The zero-order valence-electron chi connectivity index (χ0n) is 13.3. The Hall–Kier alpha value is -2.81. The summed E-state index contributed by atoms with van der Waals surface area (Å²) in [6, 6.07) is 7.19. The van der Waals surface area contributed by atoms with E-state index in [1.807, 2.05) is 0 Å². The number of hydrogen-bond acceptors (Lipinski definition) is 4. The number of hydrogen-bond donors (Lipinski definition) is 2. The third-order valence-corrected chi connectivity index (χ3v) is 3.71. The maximum Gasteiger partial charge on any atom is 0.416 e. The van der Waals surface area contributed by atoms with Crippen molar-refractivity contribution in [3.63, 3.8) is 0 Å². The molecule has 0 bridgehead atoms. The van der Waals surface area contributed by atoms with Gasteiger partial charge in [-0.15, -0.1) is 0 Å². The Morgan fingerprint density at radius 1 is 1.23 bits per heavy atom. The standard InChI is InChI=1S/C16H13ClF3N3O3/c1-9(21-11-3-2-4-12(8-11)23(25)26)15(24)22-14-7-10(16(18,19)20)5-6-13(14)17/h2-9,21H,1H3,(H,22,24)/t9-/m1/s1. The number of nitro benzene ring substituents is 1. The number of amides is 1. The molecule has 0 saturated carbocycles. The number of nitrogens with zero attached hydrogens (tertiary/aromatic N) is 1. The number of carbonyl (C=O) groups is 1. The van der Waals surface area contributed by atoms with E-state index in [1.165, 1.54) is 31.2 Å². The largest absolute Gasteiger partial charge is 0.416 e. The first kappa shape index (κ1) is 19.5. The van der Waals surface area contributed by atoms with Crippen molar-refractivity contribution in [1.29, 1.82) is 0 Å². The van der Waals surface area contributed by atoms with Gasteiger partial charge in [0.2, 0.25) is 5.91 Å². The molecule has 0 fully saturated rings. The molecule has 1 atom stereocenters. The molecule has 2 N–H and O–H groups in total. The lowest BCUT2D eigenvalue weighted by atomic mass is 10.2. The van der Waals surface area contributed by atoms with Crippen molar-refractivity contribution >= 4 is 34.6 Å². The quantitative estimate of drug-likeness (QED) is 0.575. The zero-order valence-corrected chi connectivity index (χ0v) is 14.1. The van der Waals surface area contributed by atoms with Crippen molar-refractivity contribution in [3.8, 4) is 0 Å². The van der Waals surface area contributed by atoms with Gasteiger partial charge in [0, 0.05) is 17.8 Å². The van der Waals surface area contributed by atoms with E-state index in [4.69, 9.17) is 11.6 Å². The van der Waals surface area contributed by atoms with Crippen molar-refractivity contribution in [3.05, 3.63) is 63.2 Å². The minimum absolute atomic E-state index is 0.0473. The van der Waals surface area contributed by atoms with Crippen LogP contribution in [-0.2, 0) is 11.0 Å². The van der Waals surface area contributed by atoms with E-state index >= 15 is 0 Å². The molecule has 0 spiro atoms. The van der Waals surface area contributed by atoms with Crippen molar-refractivity contribution in [2.24, 2.45) is 0 Å². The van der Waals surface area contributed by atoms with Crippen molar-refractivity contribution in [1.82, 2.24) is 0 Å². The van der Waals surface area contributed by atoms with Crippen LogP contribution in [-0.4, -0.2) is 16.9 Å². The molecule has 0 heterocycles. The highest BCUT2D eigenvalue weighted by atomic mass is 35.5. The van der Waals surface area contributed by atoms with Crippen molar-refractivity contribution in [2.75, 3.05) is 10.6 Å². The van der Waals surface area contributed by atoms with Crippen LogP contribution in [0.3, 0.4) is 0 Å². The molecule has 2 rings (SSSR count). The minimum Gasteiger partial charge on any atom is -0.374 e. The molecule has 0 unspecified atom stereocenters. The average Bonchev–Trinajstić information content (AvgIpc) is 2.55. The fraction of sp³-hybridized carbons (Fsp3) is 0.188. The van der Waals surface area contributed by atoms with E-state index in [9.17, 15) is 28.1 Å².